The van der Waals surface area contributed by atoms with Crippen molar-refractivity contribution < 1.29 is 18.0 Å². The van der Waals surface area contributed by atoms with Gasteiger partial charge in [-0.05, 0) is 25.6 Å². The lowest BCUT2D eigenvalue weighted by molar-refractivity contribution is -0.137. The minimum atomic E-state index is -4.53. The lowest BCUT2D eigenvalue weighted by atomic mass is 10.1. The molecule has 1 amide bonds. The lowest BCUT2D eigenvalue weighted by Gasteiger charge is -2.15. The molecule has 106 valence electrons. The van der Waals surface area contributed by atoms with Gasteiger partial charge in [-0.2, -0.15) is 13.2 Å². The number of halogens is 3. The van der Waals surface area contributed by atoms with E-state index in [1.807, 2.05) is 13.8 Å². The number of likely N-dealkylation sites (N-methyl/N-ethyl adjacent to an activating group) is 1. The van der Waals surface area contributed by atoms with Crippen molar-refractivity contribution in [2.45, 2.75) is 26.1 Å². The maximum atomic E-state index is 12.7. The first kappa shape index (κ1) is 15.5. The monoisotopic (exact) mass is 274 g/mol. The fraction of sp³-hybridized carbons (Fsp3) is 0.462. The molecule has 0 saturated carbocycles. The topological polar surface area (TPSA) is 41.1 Å². The van der Waals surface area contributed by atoms with Crippen LogP contribution in [0.25, 0.3) is 0 Å². The molecular formula is C13H17F3N2O. The van der Waals surface area contributed by atoms with E-state index in [0.717, 1.165) is 12.6 Å². The molecule has 3 nitrogen and oxygen atoms in total. The van der Waals surface area contributed by atoms with E-state index in [9.17, 15) is 18.0 Å². The summed E-state index contributed by atoms with van der Waals surface area (Å²) in [5, 5.41) is 5.55. The van der Waals surface area contributed by atoms with Crippen molar-refractivity contribution in [3.05, 3.63) is 35.4 Å². The van der Waals surface area contributed by atoms with Gasteiger partial charge in [0.1, 0.15) is 0 Å². The van der Waals surface area contributed by atoms with Crippen LogP contribution in [0.1, 0.15) is 29.8 Å². The molecule has 0 radical (unpaired) electrons. The quantitative estimate of drug-likeness (QED) is 0.866. The largest absolute Gasteiger partial charge is 0.417 e. The van der Waals surface area contributed by atoms with Crippen LogP contribution < -0.4 is 10.6 Å². The second kappa shape index (κ2) is 6.56. The molecule has 0 spiro atoms. The summed E-state index contributed by atoms with van der Waals surface area (Å²) in [5.41, 5.74) is -1.26. The van der Waals surface area contributed by atoms with Crippen molar-refractivity contribution in [3.63, 3.8) is 0 Å². The van der Waals surface area contributed by atoms with Crippen molar-refractivity contribution in [2.75, 3.05) is 13.1 Å². The van der Waals surface area contributed by atoms with Crippen LogP contribution >= 0.6 is 0 Å². The SMILES string of the molecule is CCN[C@H](C)CNC(=O)c1ccccc1C(F)(F)F. The first-order chi connectivity index (χ1) is 8.86. The second-order valence-corrected chi connectivity index (χ2v) is 4.21. The number of amides is 1. The highest BCUT2D eigenvalue weighted by atomic mass is 19.4. The van der Waals surface area contributed by atoms with Crippen LogP contribution in [0.2, 0.25) is 0 Å². The van der Waals surface area contributed by atoms with E-state index in [2.05, 4.69) is 10.6 Å². The second-order valence-electron chi connectivity index (χ2n) is 4.21. The molecule has 0 bridgehead atoms. The van der Waals surface area contributed by atoms with Crippen LogP contribution in [-0.2, 0) is 6.18 Å². The average Bonchev–Trinajstić information content (AvgIpc) is 2.35. The molecule has 0 aliphatic carbocycles. The van der Waals surface area contributed by atoms with Gasteiger partial charge in [0.25, 0.3) is 5.91 Å². The molecule has 0 aliphatic heterocycles. The van der Waals surface area contributed by atoms with Gasteiger partial charge in [0.2, 0.25) is 0 Å². The predicted octanol–water partition coefficient (Wildman–Crippen LogP) is 2.43. The molecule has 6 heteroatoms. The molecule has 0 fully saturated rings. The minimum Gasteiger partial charge on any atom is -0.350 e. The molecule has 0 unspecified atom stereocenters. The number of hydrogen-bond acceptors (Lipinski definition) is 2. The Kier molecular flexibility index (Phi) is 5.35. The predicted molar refractivity (Wildman–Crippen MR) is 66.9 cm³/mol. The van der Waals surface area contributed by atoms with E-state index < -0.39 is 17.6 Å². The lowest BCUT2D eigenvalue weighted by Crippen LogP contribution is -2.39. The van der Waals surface area contributed by atoms with Crippen molar-refractivity contribution in [3.8, 4) is 0 Å². The standard InChI is InChI=1S/C13H17F3N2O/c1-3-17-9(2)8-18-12(19)10-6-4-5-7-11(10)13(14,15)16/h4-7,9,17H,3,8H2,1-2H3,(H,18,19)/t9-/m1/s1. The summed E-state index contributed by atoms with van der Waals surface area (Å²) >= 11 is 0. The maximum absolute atomic E-state index is 12.7. The highest BCUT2D eigenvalue weighted by molar-refractivity contribution is 5.95. The van der Waals surface area contributed by atoms with E-state index in [1.165, 1.54) is 18.2 Å². The van der Waals surface area contributed by atoms with Gasteiger partial charge in [0.15, 0.2) is 0 Å². The van der Waals surface area contributed by atoms with E-state index in [1.54, 1.807) is 0 Å². The zero-order valence-electron chi connectivity index (χ0n) is 10.8. The van der Waals surface area contributed by atoms with E-state index in [4.69, 9.17) is 0 Å². The Morgan fingerprint density at radius 2 is 1.95 bits per heavy atom. The van der Waals surface area contributed by atoms with E-state index >= 15 is 0 Å². The maximum Gasteiger partial charge on any atom is 0.417 e. The Morgan fingerprint density at radius 3 is 2.53 bits per heavy atom. The molecule has 0 heterocycles. The summed E-state index contributed by atoms with van der Waals surface area (Å²) < 4.78 is 38.2. The Bertz CT molecular complexity index is 432. The molecule has 1 aromatic rings. The Balaban J connectivity index is 2.78. The first-order valence-corrected chi connectivity index (χ1v) is 6.04. The van der Waals surface area contributed by atoms with Gasteiger partial charge in [0, 0.05) is 12.6 Å². The van der Waals surface area contributed by atoms with Crippen LogP contribution in [-0.4, -0.2) is 25.0 Å². The zero-order valence-corrected chi connectivity index (χ0v) is 10.8. The minimum absolute atomic E-state index is 0.00648. The van der Waals surface area contributed by atoms with E-state index in [-0.39, 0.29) is 18.2 Å². The number of carbonyl (C=O) groups is 1. The van der Waals surface area contributed by atoms with E-state index in [0.29, 0.717) is 0 Å². The highest BCUT2D eigenvalue weighted by Gasteiger charge is 2.34. The van der Waals surface area contributed by atoms with Crippen LogP contribution in [0.4, 0.5) is 13.2 Å². The molecule has 2 N–H and O–H groups in total. The van der Waals surface area contributed by atoms with Crippen LogP contribution in [0.5, 0.6) is 0 Å². The molecule has 1 aromatic carbocycles. The molecule has 0 aliphatic rings. The van der Waals surface area contributed by atoms with Crippen molar-refractivity contribution in [1.82, 2.24) is 10.6 Å². The van der Waals surface area contributed by atoms with Crippen LogP contribution in [0.15, 0.2) is 24.3 Å². The first-order valence-electron chi connectivity index (χ1n) is 6.04. The van der Waals surface area contributed by atoms with Crippen LogP contribution in [0, 0.1) is 0 Å². The molecule has 1 rings (SSSR count). The molecule has 0 saturated heterocycles. The smallest absolute Gasteiger partial charge is 0.350 e. The number of alkyl halides is 3. The summed E-state index contributed by atoms with van der Waals surface area (Å²) in [7, 11) is 0. The summed E-state index contributed by atoms with van der Waals surface area (Å²) in [6, 6.07) is 4.77. The van der Waals surface area contributed by atoms with Crippen molar-refractivity contribution in [1.29, 1.82) is 0 Å². The summed E-state index contributed by atoms with van der Waals surface area (Å²) in [4.78, 5) is 11.8. The molecule has 19 heavy (non-hydrogen) atoms. The van der Waals surface area contributed by atoms with Crippen molar-refractivity contribution >= 4 is 5.91 Å². The fourth-order valence-electron chi connectivity index (χ4n) is 1.69. The summed E-state index contributed by atoms with van der Waals surface area (Å²) in [5.74, 6) is -0.710. The van der Waals surface area contributed by atoms with Gasteiger partial charge < -0.3 is 10.6 Å². The third kappa shape index (κ3) is 4.55. The number of rotatable bonds is 5. The third-order valence-corrected chi connectivity index (χ3v) is 2.60. The molecule has 0 aromatic heterocycles. The van der Waals surface area contributed by atoms with Crippen molar-refractivity contribution in [2.24, 2.45) is 0 Å². The fourth-order valence-corrected chi connectivity index (χ4v) is 1.69. The average molecular weight is 274 g/mol. The molecule has 1 atom stereocenters. The van der Waals surface area contributed by atoms with Crippen LogP contribution in [0.3, 0.4) is 0 Å². The number of hydrogen-bond donors (Lipinski definition) is 2. The van der Waals surface area contributed by atoms with Gasteiger partial charge in [-0.25, -0.2) is 0 Å². The van der Waals surface area contributed by atoms with Gasteiger partial charge in [-0.1, -0.05) is 19.1 Å². The third-order valence-electron chi connectivity index (χ3n) is 2.60. The van der Waals surface area contributed by atoms with Gasteiger partial charge in [0.05, 0.1) is 11.1 Å². The van der Waals surface area contributed by atoms with Gasteiger partial charge in [-0.3, -0.25) is 4.79 Å². The van der Waals surface area contributed by atoms with Gasteiger partial charge in [-0.15, -0.1) is 0 Å². The highest BCUT2D eigenvalue weighted by Crippen LogP contribution is 2.31. The number of carbonyl (C=O) groups excluding carboxylic acids is 1. The Morgan fingerprint density at radius 1 is 1.32 bits per heavy atom. The Hall–Kier alpha value is -1.56. The zero-order chi connectivity index (χ0) is 14.5. The number of nitrogens with one attached hydrogen (secondary N) is 2. The summed E-state index contributed by atoms with van der Waals surface area (Å²) in [6.45, 7) is 4.77. The Labute approximate surface area is 110 Å². The molecular weight excluding hydrogens is 257 g/mol. The normalized spacial score (nSPS) is 13.1. The number of benzene rings is 1. The summed E-state index contributed by atoms with van der Waals surface area (Å²) in [6.07, 6.45) is -4.53. The van der Waals surface area contributed by atoms with Gasteiger partial charge >= 0.3 is 6.18 Å².